The summed E-state index contributed by atoms with van der Waals surface area (Å²) in [7, 11) is 0. The van der Waals surface area contributed by atoms with Crippen LogP contribution in [0, 0.1) is 0 Å². The summed E-state index contributed by atoms with van der Waals surface area (Å²) in [6.07, 6.45) is 4.97. The van der Waals surface area contributed by atoms with Gasteiger partial charge in [0.25, 0.3) is 0 Å². The molecule has 0 saturated carbocycles. The van der Waals surface area contributed by atoms with Crippen LogP contribution in [0.25, 0.3) is 0 Å². The van der Waals surface area contributed by atoms with Crippen LogP contribution in [0.4, 0.5) is 0 Å². The minimum Gasteiger partial charge on any atom is -0.454 e. The van der Waals surface area contributed by atoms with Crippen molar-refractivity contribution in [3.8, 4) is 11.5 Å². The Morgan fingerprint density at radius 2 is 2.17 bits per heavy atom. The highest BCUT2D eigenvalue weighted by Gasteiger charge is 2.17. The molecule has 1 N–H and O–H groups in total. The van der Waals surface area contributed by atoms with Crippen LogP contribution in [0.15, 0.2) is 18.2 Å². The molecule has 1 aromatic carbocycles. The Hall–Kier alpha value is -1.22. The first-order valence-electron chi connectivity index (χ1n) is 6.96. The van der Waals surface area contributed by atoms with E-state index in [1.807, 2.05) is 12.1 Å². The normalized spacial score (nSPS) is 14.8. The number of hydrogen-bond acceptors (Lipinski definition) is 3. The fourth-order valence-corrected chi connectivity index (χ4v) is 2.29. The van der Waals surface area contributed by atoms with Crippen molar-refractivity contribution >= 4 is 0 Å². The Morgan fingerprint density at radius 3 is 2.94 bits per heavy atom. The van der Waals surface area contributed by atoms with Crippen molar-refractivity contribution in [2.24, 2.45) is 0 Å². The fraction of sp³-hybridized carbons (Fsp3) is 0.600. The molecule has 1 aliphatic rings. The highest BCUT2D eigenvalue weighted by Crippen LogP contribution is 2.35. The number of hydrogen-bond donors (Lipinski definition) is 1. The van der Waals surface area contributed by atoms with E-state index in [1.54, 1.807) is 0 Å². The lowest BCUT2D eigenvalue weighted by Crippen LogP contribution is -2.27. The Bertz CT molecular complexity index is 379. The largest absolute Gasteiger partial charge is 0.454 e. The molecule has 0 fully saturated rings. The van der Waals surface area contributed by atoms with E-state index < -0.39 is 0 Å². The van der Waals surface area contributed by atoms with Crippen molar-refractivity contribution in [3.63, 3.8) is 0 Å². The number of fused-ring (bicyclic) bond motifs is 1. The van der Waals surface area contributed by atoms with Gasteiger partial charge in [0.1, 0.15) is 0 Å². The van der Waals surface area contributed by atoms with Gasteiger partial charge in [-0.1, -0.05) is 38.8 Å². The molecule has 0 radical (unpaired) electrons. The second-order valence-electron chi connectivity index (χ2n) is 4.78. The molecule has 1 aliphatic heterocycles. The van der Waals surface area contributed by atoms with Gasteiger partial charge >= 0.3 is 0 Å². The molecule has 0 aromatic heterocycles. The molecule has 0 aliphatic carbocycles. The van der Waals surface area contributed by atoms with Gasteiger partial charge in [0, 0.05) is 18.2 Å². The Kier molecular flexibility index (Phi) is 4.88. The Labute approximate surface area is 109 Å². The van der Waals surface area contributed by atoms with Gasteiger partial charge < -0.3 is 14.8 Å². The first-order valence-corrected chi connectivity index (χ1v) is 6.96. The predicted octanol–water partition coefficient (Wildman–Crippen LogP) is 3.47. The van der Waals surface area contributed by atoms with Crippen molar-refractivity contribution in [1.82, 2.24) is 5.32 Å². The number of benzene rings is 1. The Morgan fingerprint density at radius 1 is 1.28 bits per heavy atom. The fourth-order valence-electron chi connectivity index (χ4n) is 2.29. The van der Waals surface area contributed by atoms with Gasteiger partial charge in [-0.15, -0.1) is 0 Å². The first-order chi connectivity index (χ1) is 8.85. The molecule has 1 heterocycles. The monoisotopic (exact) mass is 249 g/mol. The van der Waals surface area contributed by atoms with Crippen LogP contribution in [-0.4, -0.2) is 12.8 Å². The van der Waals surface area contributed by atoms with E-state index in [-0.39, 0.29) is 0 Å². The number of rotatable bonds is 7. The molecule has 3 heteroatoms. The van der Waals surface area contributed by atoms with Crippen LogP contribution < -0.4 is 14.8 Å². The molecule has 1 atom stereocenters. The lowest BCUT2D eigenvalue weighted by atomic mass is 10.1. The van der Waals surface area contributed by atoms with Crippen molar-refractivity contribution in [1.29, 1.82) is 0 Å². The minimum absolute atomic E-state index is 0.347. The number of nitrogens with one attached hydrogen (secondary N) is 1. The third-order valence-corrected chi connectivity index (χ3v) is 3.46. The van der Waals surface area contributed by atoms with Gasteiger partial charge in [-0.05, 0) is 18.9 Å². The summed E-state index contributed by atoms with van der Waals surface area (Å²) in [5.41, 5.74) is 1.19. The summed E-state index contributed by atoms with van der Waals surface area (Å²) in [6.45, 7) is 5.68. The van der Waals surface area contributed by atoms with Crippen LogP contribution in [0.1, 0.15) is 45.1 Å². The van der Waals surface area contributed by atoms with Crippen LogP contribution >= 0.6 is 0 Å². The summed E-state index contributed by atoms with van der Waals surface area (Å²) in [6, 6.07) is 6.69. The van der Waals surface area contributed by atoms with Gasteiger partial charge in [0.15, 0.2) is 11.5 Å². The molecular weight excluding hydrogens is 226 g/mol. The molecule has 0 spiro atoms. The average Bonchev–Trinajstić information content (AvgIpc) is 2.88. The molecule has 0 bridgehead atoms. The molecule has 0 amide bonds. The zero-order chi connectivity index (χ0) is 12.8. The van der Waals surface area contributed by atoms with E-state index in [1.165, 1.54) is 31.2 Å². The maximum atomic E-state index is 5.51. The lowest BCUT2D eigenvalue weighted by molar-refractivity contribution is 0.173. The summed E-state index contributed by atoms with van der Waals surface area (Å²) in [5.74, 6) is 1.78. The smallest absolute Gasteiger partial charge is 0.231 e. The van der Waals surface area contributed by atoms with Gasteiger partial charge in [-0.2, -0.15) is 0 Å². The zero-order valence-electron chi connectivity index (χ0n) is 11.4. The minimum atomic E-state index is 0.347. The van der Waals surface area contributed by atoms with Crippen LogP contribution in [0.3, 0.4) is 0 Å². The van der Waals surface area contributed by atoms with Crippen molar-refractivity contribution in [3.05, 3.63) is 23.8 Å². The molecule has 18 heavy (non-hydrogen) atoms. The molecule has 2 rings (SSSR count). The highest BCUT2D eigenvalue weighted by molar-refractivity contribution is 5.48. The first kappa shape index (κ1) is 13.2. The van der Waals surface area contributed by atoms with E-state index in [9.17, 15) is 0 Å². The van der Waals surface area contributed by atoms with Crippen LogP contribution in [0.5, 0.6) is 11.5 Å². The van der Waals surface area contributed by atoms with E-state index in [4.69, 9.17) is 9.47 Å². The second kappa shape index (κ2) is 6.64. The number of ether oxygens (including phenoxy) is 2. The van der Waals surface area contributed by atoms with Crippen LogP contribution in [-0.2, 0) is 6.54 Å². The number of unbranched alkanes of at least 4 members (excludes halogenated alkanes) is 1. The standard InChI is InChI=1S/C15H23NO2/c1-3-5-8-13(4-2)16-10-12-7-6-9-14-15(12)18-11-17-14/h6-7,9,13,16H,3-5,8,10-11H2,1-2H3. The highest BCUT2D eigenvalue weighted by atomic mass is 16.7. The third kappa shape index (κ3) is 3.16. The topological polar surface area (TPSA) is 30.5 Å². The summed E-state index contributed by atoms with van der Waals surface area (Å²) in [5, 5.41) is 3.61. The maximum Gasteiger partial charge on any atom is 0.231 e. The molecule has 1 aromatic rings. The van der Waals surface area contributed by atoms with Gasteiger partial charge in [0.05, 0.1) is 0 Å². The zero-order valence-corrected chi connectivity index (χ0v) is 11.4. The maximum absolute atomic E-state index is 5.51. The van der Waals surface area contributed by atoms with E-state index in [2.05, 4.69) is 25.2 Å². The summed E-state index contributed by atoms with van der Waals surface area (Å²) in [4.78, 5) is 0. The van der Waals surface area contributed by atoms with Gasteiger partial charge in [0.2, 0.25) is 6.79 Å². The average molecular weight is 249 g/mol. The van der Waals surface area contributed by atoms with E-state index in [0.717, 1.165) is 18.0 Å². The van der Waals surface area contributed by atoms with Gasteiger partial charge in [-0.3, -0.25) is 0 Å². The second-order valence-corrected chi connectivity index (χ2v) is 4.78. The molecule has 3 nitrogen and oxygen atoms in total. The Balaban J connectivity index is 1.91. The molecule has 100 valence electrons. The predicted molar refractivity (Wildman–Crippen MR) is 73.0 cm³/mol. The molecular formula is C15H23NO2. The number of para-hydroxylation sites is 1. The summed E-state index contributed by atoms with van der Waals surface area (Å²) < 4.78 is 10.9. The van der Waals surface area contributed by atoms with E-state index >= 15 is 0 Å². The third-order valence-electron chi connectivity index (χ3n) is 3.46. The molecule has 1 unspecified atom stereocenters. The summed E-state index contributed by atoms with van der Waals surface area (Å²) >= 11 is 0. The SMILES string of the molecule is CCCCC(CC)NCc1cccc2c1OCO2. The van der Waals surface area contributed by atoms with Crippen molar-refractivity contribution < 1.29 is 9.47 Å². The van der Waals surface area contributed by atoms with Crippen molar-refractivity contribution in [2.45, 2.75) is 52.1 Å². The van der Waals surface area contributed by atoms with Crippen LogP contribution in [0.2, 0.25) is 0 Å². The lowest BCUT2D eigenvalue weighted by Gasteiger charge is -2.17. The molecule has 0 saturated heterocycles. The van der Waals surface area contributed by atoms with Gasteiger partial charge in [-0.25, -0.2) is 0 Å². The van der Waals surface area contributed by atoms with Crippen molar-refractivity contribution in [2.75, 3.05) is 6.79 Å². The quantitative estimate of drug-likeness (QED) is 0.802. The van der Waals surface area contributed by atoms with E-state index in [0.29, 0.717) is 12.8 Å².